The highest BCUT2D eigenvalue weighted by Crippen LogP contribution is 2.58. The van der Waals surface area contributed by atoms with E-state index in [1.807, 2.05) is 12.1 Å². The third-order valence-corrected chi connectivity index (χ3v) is 6.69. The van der Waals surface area contributed by atoms with Crippen molar-refractivity contribution >= 4 is 6.29 Å². The van der Waals surface area contributed by atoms with E-state index in [2.05, 4.69) is 58.0 Å². The minimum absolute atomic E-state index is 0.106. The lowest BCUT2D eigenvalue weighted by atomic mass is 9.60. The molecule has 2 aliphatic carbocycles. The third-order valence-electron chi connectivity index (χ3n) is 6.69. The lowest BCUT2D eigenvalue weighted by Crippen LogP contribution is -2.36. The van der Waals surface area contributed by atoms with Gasteiger partial charge in [-0.3, -0.25) is 4.79 Å². The van der Waals surface area contributed by atoms with Gasteiger partial charge in [-0.2, -0.15) is 0 Å². The van der Waals surface area contributed by atoms with E-state index < -0.39 is 0 Å². The SMILES string of the molecule is CC1(C)CCC(C)(C)c2c1cccc2C1(c2cccc(C=O)c2)CC1. The van der Waals surface area contributed by atoms with Crippen molar-refractivity contribution in [3.8, 4) is 0 Å². The standard InChI is InChI=1S/C24H28O/c1-22(2)11-12-23(3,4)21-19(22)9-6-10-20(21)24(13-14-24)18-8-5-7-17(15-18)16-25/h5-10,15-16H,11-14H2,1-4H3. The fourth-order valence-electron chi connectivity index (χ4n) is 4.88. The molecule has 2 aliphatic rings. The summed E-state index contributed by atoms with van der Waals surface area (Å²) >= 11 is 0. The summed E-state index contributed by atoms with van der Waals surface area (Å²) in [5.74, 6) is 0. The van der Waals surface area contributed by atoms with Crippen LogP contribution in [0.1, 0.15) is 86.0 Å². The molecule has 0 saturated heterocycles. The number of carbonyl (C=O) groups excluding carboxylic acids is 1. The predicted octanol–water partition coefficient (Wildman–Crippen LogP) is 5.93. The molecule has 0 radical (unpaired) electrons. The first kappa shape index (κ1) is 16.6. The van der Waals surface area contributed by atoms with Crippen molar-refractivity contribution in [2.24, 2.45) is 0 Å². The van der Waals surface area contributed by atoms with Crippen molar-refractivity contribution in [2.45, 2.75) is 69.6 Å². The van der Waals surface area contributed by atoms with Crippen molar-refractivity contribution in [2.75, 3.05) is 0 Å². The van der Waals surface area contributed by atoms with Crippen molar-refractivity contribution < 1.29 is 4.79 Å². The third kappa shape index (κ3) is 2.47. The van der Waals surface area contributed by atoms with Crippen LogP contribution in [0.25, 0.3) is 0 Å². The molecule has 1 heteroatoms. The molecule has 1 nitrogen and oxygen atoms in total. The normalized spacial score (nSPS) is 22.1. The van der Waals surface area contributed by atoms with E-state index in [1.165, 1.54) is 42.4 Å². The Morgan fingerprint density at radius 2 is 1.44 bits per heavy atom. The summed E-state index contributed by atoms with van der Waals surface area (Å²) < 4.78 is 0. The second kappa shape index (κ2) is 5.30. The molecule has 0 spiro atoms. The molecule has 130 valence electrons. The second-order valence-electron chi connectivity index (χ2n) is 9.32. The monoisotopic (exact) mass is 332 g/mol. The summed E-state index contributed by atoms with van der Waals surface area (Å²) in [5, 5.41) is 0. The van der Waals surface area contributed by atoms with Gasteiger partial charge in [-0.05, 0) is 64.8 Å². The smallest absolute Gasteiger partial charge is 0.150 e. The highest BCUT2D eigenvalue weighted by Gasteiger charge is 2.50. The Labute approximate surface area is 151 Å². The van der Waals surface area contributed by atoms with Crippen LogP contribution >= 0.6 is 0 Å². The lowest BCUT2D eigenvalue weighted by Gasteiger charge is -2.44. The zero-order valence-corrected chi connectivity index (χ0v) is 15.9. The molecule has 0 aliphatic heterocycles. The molecular weight excluding hydrogens is 304 g/mol. The average Bonchev–Trinajstić information content (AvgIpc) is 3.41. The average molecular weight is 332 g/mol. The summed E-state index contributed by atoms with van der Waals surface area (Å²) in [5.41, 5.74) is 7.25. The summed E-state index contributed by atoms with van der Waals surface area (Å²) in [6.07, 6.45) is 5.80. The Morgan fingerprint density at radius 1 is 0.800 bits per heavy atom. The molecular formula is C24H28O. The van der Waals surface area contributed by atoms with Crippen LogP contribution in [0.3, 0.4) is 0 Å². The van der Waals surface area contributed by atoms with Gasteiger partial charge in [0.25, 0.3) is 0 Å². The molecule has 1 saturated carbocycles. The maximum absolute atomic E-state index is 11.3. The van der Waals surface area contributed by atoms with Crippen LogP contribution in [0.4, 0.5) is 0 Å². The number of carbonyl (C=O) groups is 1. The Morgan fingerprint density at radius 3 is 2.12 bits per heavy atom. The fraction of sp³-hybridized carbons (Fsp3) is 0.458. The molecule has 2 aromatic carbocycles. The number of aldehydes is 1. The van der Waals surface area contributed by atoms with Crippen molar-refractivity contribution in [1.29, 1.82) is 0 Å². The lowest BCUT2D eigenvalue weighted by molar-refractivity contribution is 0.112. The Bertz CT molecular complexity index is 837. The minimum atomic E-state index is 0.106. The molecule has 1 fully saturated rings. The summed E-state index contributed by atoms with van der Waals surface area (Å²) in [6.45, 7) is 9.58. The highest BCUT2D eigenvalue weighted by molar-refractivity contribution is 5.75. The van der Waals surface area contributed by atoms with Crippen LogP contribution in [0.15, 0.2) is 42.5 Å². The summed E-state index contributed by atoms with van der Waals surface area (Å²) in [6, 6.07) is 15.2. The first-order valence-corrected chi connectivity index (χ1v) is 9.50. The number of benzene rings is 2. The fourth-order valence-corrected chi connectivity index (χ4v) is 4.88. The van der Waals surface area contributed by atoms with Crippen LogP contribution in [0, 0.1) is 0 Å². The minimum Gasteiger partial charge on any atom is -0.298 e. The van der Waals surface area contributed by atoms with Gasteiger partial charge in [-0.25, -0.2) is 0 Å². The molecule has 0 unspecified atom stereocenters. The van der Waals surface area contributed by atoms with E-state index in [9.17, 15) is 4.79 Å². The maximum atomic E-state index is 11.3. The van der Waals surface area contributed by atoms with Crippen molar-refractivity contribution in [3.63, 3.8) is 0 Å². The van der Waals surface area contributed by atoms with Gasteiger partial charge in [0, 0.05) is 11.0 Å². The van der Waals surface area contributed by atoms with Gasteiger partial charge in [-0.1, -0.05) is 64.1 Å². The first-order chi connectivity index (χ1) is 11.8. The van der Waals surface area contributed by atoms with E-state index in [0.29, 0.717) is 0 Å². The van der Waals surface area contributed by atoms with Gasteiger partial charge in [0.1, 0.15) is 6.29 Å². The molecule has 0 bridgehead atoms. The zero-order valence-electron chi connectivity index (χ0n) is 15.9. The number of rotatable bonds is 3. The van der Waals surface area contributed by atoms with E-state index in [4.69, 9.17) is 0 Å². The molecule has 2 aromatic rings. The molecule has 0 heterocycles. The largest absolute Gasteiger partial charge is 0.298 e. The summed E-state index contributed by atoms with van der Waals surface area (Å²) in [7, 11) is 0. The molecule has 0 amide bonds. The molecule has 0 N–H and O–H groups in total. The quantitative estimate of drug-likeness (QED) is 0.637. The van der Waals surface area contributed by atoms with Crippen molar-refractivity contribution in [3.05, 3.63) is 70.3 Å². The van der Waals surface area contributed by atoms with Crippen LogP contribution in [0.5, 0.6) is 0 Å². The Balaban J connectivity index is 1.94. The van der Waals surface area contributed by atoms with Crippen molar-refractivity contribution in [1.82, 2.24) is 0 Å². The van der Waals surface area contributed by atoms with Gasteiger partial charge in [0.05, 0.1) is 0 Å². The predicted molar refractivity (Wildman–Crippen MR) is 104 cm³/mol. The number of hydrogen-bond donors (Lipinski definition) is 0. The molecule has 25 heavy (non-hydrogen) atoms. The summed E-state index contributed by atoms with van der Waals surface area (Å²) in [4.78, 5) is 11.3. The Hall–Kier alpha value is -1.89. The zero-order chi connectivity index (χ0) is 17.9. The van der Waals surface area contributed by atoms with Gasteiger partial charge in [0.2, 0.25) is 0 Å². The Kier molecular flexibility index (Phi) is 3.51. The van der Waals surface area contributed by atoms with Crippen LogP contribution in [-0.4, -0.2) is 6.29 Å². The van der Waals surface area contributed by atoms with E-state index in [1.54, 1.807) is 5.56 Å². The van der Waals surface area contributed by atoms with E-state index in [0.717, 1.165) is 11.8 Å². The molecule has 4 rings (SSSR count). The highest BCUT2D eigenvalue weighted by atomic mass is 16.1. The van der Waals surface area contributed by atoms with Crippen LogP contribution in [-0.2, 0) is 16.2 Å². The van der Waals surface area contributed by atoms with Gasteiger partial charge in [0.15, 0.2) is 0 Å². The number of hydrogen-bond acceptors (Lipinski definition) is 1. The van der Waals surface area contributed by atoms with Crippen LogP contribution in [0.2, 0.25) is 0 Å². The van der Waals surface area contributed by atoms with Gasteiger partial charge < -0.3 is 0 Å². The molecule has 0 aromatic heterocycles. The first-order valence-electron chi connectivity index (χ1n) is 9.50. The maximum Gasteiger partial charge on any atom is 0.150 e. The van der Waals surface area contributed by atoms with E-state index in [-0.39, 0.29) is 16.2 Å². The second-order valence-corrected chi connectivity index (χ2v) is 9.32. The number of fused-ring (bicyclic) bond motifs is 1. The van der Waals surface area contributed by atoms with Crippen LogP contribution < -0.4 is 0 Å². The van der Waals surface area contributed by atoms with E-state index >= 15 is 0 Å². The molecule has 0 atom stereocenters. The van der Waals surface area contributed by atoms with Gasteiger partial charge >= 0.3 is 0 Å². The topological polar surface area (TPSA) is 17.1 Å². The van der Waals surface area contributed by atoms with Gasteiger partial charge in [-0.15, -0.1) is 0 Å².